The lowest BCUT2D eigenvalue weighted by Crippen LogP contribution is -1.91. The lowest BCUT2D eigenvalue weighted by atomic mass is 9.96. The topological polar surface area (TPSA) is 12.9 Å². The van der Waals surface area contributed by atoms with Crippen molar-refractivity contribution in [3.8, 4) is 11.3 Å². The number of hydrogen-bond donors (Lipinski definition) is 0. The van der Waals surface area contributed by atoms with Gasteiger partial charge in [-0.25, -0.2) is 0 Å². The van der Waals surface area contributed by atoms with Crippen molar-refractivity contribution in [1.82, 2.24) is 4.98 Å². The van der Waals surface area contributed by atoms with E-state index in [1.54, 1.807) is 0 Å². The number of fused-ring (bicyclic) bond motifs is 1. The van der Waals surface area contributed by atoms with E-state index in [0.717, 1.165) is 27.6 Å². The molecule has 0 unspecified atom stereocenters. The Hall–Kier alpha value is -2.15. The highest BCUT2D eigenvalue weighted by Gasteiger charge is 2.08. The lowest BCUT2D eigenvalue weighted by Gasteiger charge is -2.11. The van der Waals surface area contributed by atoms with Crippen molar-refractivity contribution in [2.24, 2.45) is 0 Å². The Morgan fingerprint density at radius 3 is 2.33 bits per heavy atom. The third-order valence-corrected chi connectivity index (χ3v) is 3.84. The fraction of sp³-hybridized carbons (Fsp3) is 0.250. The zero-order valence-corrected chi connectivity index (χ0v) is 13.1. The van der Waals surface area contributed by atoms with Gasteiger partial charge in [0.2, 0.25) is 0 Å². The molecule has 0 aliphatic carbocycles. The van der Waals surface area contributed by atoms with Crippen molar-refractivity contribution in [3.63, 3.8) is 0 Å². The highest BCUT2D eigenvalue weighted by molar-refractivity contribution is 5.95. The molecule has 0 amide bonds. The zero-order valence-electron chi connectivity index (χ0n) is 14.1. The smallest absolute Gasteiger partial charge is 0.0780 e. The van der Waals surface area contributed by atoms with Crippen LogP contribution in [0.25, 0.3) is 22.0 Å². The Balaban J connectivity index is 2.29. The SMILES string of the molecule is [2H]C(C)(C)c1ccc2ccnc(-c3cc(C)cc(C)c3)c2c1. The second kappa shape index (κ2) is 5.33. The van der Waals surface area contributed by atoms with Gasteiger partial charge in [-0.05, 0) is 55.0 Å². The first-order chi connectivity index (χ1) is 10.3. The highest BCUT2D eigenvalue weighted by atomic mass is 14.7. The summed E-state index contributed by atoms with van der Waals surface area (Å²) in [4.78, 5) is 4.62. The molecule has 0 aliphatic heterocycles. The van der Waals surface area contributed by atoms with Crippen LogP contribution in [0.4, 0.5) is 0 Å². The number of aromatic nitrogens is 1. The van der Waals surface area contributed by atoms with Gasteiger partial charge in [-0.3, -0.25) is 4.98 Å². The summed E-state index contributed by atoms with van der Waals surface area (Å²) >= 11 is 0. The molecule has 0 fully saturated rings. The van der Waals surface area contributed by atoms with Crippen molar-refractivity contribution in [2.75, 3.05) is 0 Å². The van der Waals surface area contributed by atoms with Gasteiger partial charge < -0.3 is 0 Å². The number of rotatable bonds is 2. The number of pyridine rings is 1. The Kier molecular flexibility index (Phi) is 3.19. The van der Waals surface area contributed by atoms with Gasteiger partial charge in [0, 0.05) is 18.5 Å². The summed E-state index contributed by atoms with van der Waals surface area (Å²) < 4.78 is 8.27. The quantitative estimate of drug-likeness (QED) is 0.590. The highest BCUT2D eigenvalue weighted by Crippen LogP contribution is 2.30. The summed E-state index contributed by atoms with van der Waals surface area (Å²) in [6, 6.07) is 14.8. The van der Waals surface area contributed by atoms with E-state index in [1.165, 1.54) is 11.1 Å². The molecule has 2 aromatic carbocycles. The maximum Gasteiger partial charge on any atom is 0.0780 e. The van der Waals surface area contributed by atoms with Gasteiger partial charge in [0.15, 0.2) is 0 Å². The molecule has 3 aromatic rings. The average molecular weight is 276 g/mol. The summed E-state index contributed by atoms with van der Waals surface area (Å²) in [6.45, 7) is 8.06. The van der Waals surface area contributed by atoms with Gasteiger partial charge in [0.25, 0.3) is 0 Å². The number of benzene rings is 2. The number of nitrogens with zero attached hydrogens (tertiary/aromatic N) is 1. The summed E-state index contributed by atoms with van der Waals surface area (Å²) in [5, 5.41) is 2.28. The molecule has 3 rings (SSSR count). The van der Waals surface area contributed by atoms with Crippen molar-refractivity contribution < 1.29 is 1.37 Å². The first-order valence-corrected chi connectivity index (χ1v) is 7.32. The van der Waals surface area contributed by atoms with Gasteiger partial charge in [0.05, 0.1) is 5.69 Å². The molecule has 0 spiro atoms. The lowest BCUT2D eigenvalue weighted by molar-refractivity contribution is 0.869. The fourth-order valence-corrected chi connectivity index (χ4v) is 2.82. The summed E-state index contributed by atoms with van der Waals surface area (Å²) in [5.74, 6) is -0.607. The summed E-state index contributed by atoms with van der Waals surface area (Å²) in [7, 11) is 0. The Morgan fingerprint density at radius 1 is 0.952 bits per heavy atom. The molecule has 0 radical (unpaired) electrons. The average Bonchev–Trinajstić information content (AvgIpc) is 2.44. The van der Waals surface area contributed by atoms with Gasteiger partial charge in [-0.1, -0.05) is 43.2 Å². The minimum Gasteiger partial charge on any atom is -0.256 e. The first kappa shape index (κ1) is 12.6. The molecule has 0 saturated heterocycles. The Bertz CT molecular complexity index is 824. The minimum atomic E-state index is -0.607. The van der Waals surface area contributed by atoms with Crippen LogP contribution in [0.5, 0.6) is 0 Å². The number of aryl methyl sites for hydroxylation is 2. The fourth-order valence-electron chi connectivity index (χ4n) is 2.82. The third-order valence-electron chi connectivity index (χ3n) is 3.84. The van der Waals surface area contributed by atoms with Gasteiger partial charge >= 0.3 is 0 Å². The van der Waals surface area contributed by atoms with E-state index in [-0.39, 0.29) is 0 Å². The van der Waals surface area contributed by atoms with E-state index in [1.807, 2.05) is 32.2 Å². The second-order valence-electron chi connectivity index (χ2n) is 5.97. The summed E-state index contributed by atoms with van der Waals surface area (Å²) in [6.07, 6.45) is 1.86. The molecule has 0 aliphatic rings. The predicted molar refractivity (Wildman–Crippen MR) is 90.7 cm³/mol. The molecular weight excluding hydrogens is 254 g/mol. The van der Waals surface area contributed by atoms with E-state index in [0.29, 0.717) is 0 Å². The molecule has 0 bridgehead atoms. The van der Waals surface area contributed by atoms with Crippen LogP contribution in [-0.4, -0.2) is 4.98 Å². The van der Waals surface area contributed by atoms with E-state index in [4.69, 9.17) is 1.37 Å². The first-order valence-electron chi connectivity index (χ1n) is 7.82. The van der Waals surface area contributed by atoms with Crippen LogP contribution in [0.1, 0.15) is 37.8 Å². The zero-order chi connectivity index (χ0) is 15.9. The third kappa shape index (κ3) is 2.69. The van der Waals surface area contributed by atoms with Crippen molar-refractivity contribution in [2.45, 2.75) is 33.6 Å². The van der Waals surface area contributed by atoms with Gasteiger partial charge in [-0.15, -0.1) is 0 Å². The maximum atomic E-state index is 8.27. The van der Waals surface area contributed by atoms with Crippen LogP contribution in [-0.2, 0) is 0 Å². The maximum absolute atomic E-state index is 8.27. The molecule has 1 heteroatoms. The van der Waals surface area contributed by atoms with Crippen LogP contribution in [0.3, 0.4) is 0 Å². The predicted octanol–water partition coefficient (Wildman–Crippen LogP) is 5.64. The van der Waals surface area contributed by atoms with E-state index in [2.05, 4.69) is 49.2 Å². The summed E-state index contributed by atoms with van der Waals surface area (Å²) in [5.41, 5.74) is 5.63. The largest absolute Gasteiger partial charge is 0.256 e. The van der Waals surface area contributed by atoms with Crippen LogP contribution >= 0.6 is 0 Å². The molecule has 1 heterocycles. The molecule has 0 atom stereocenters. The van der Waals surface area contributed by atoms with Crippen LogP contribution in [0.15, 0.2) is 48.7 Å². The molecule has 21 heavy (non-hydrogen) atoms. The standard InChI is InChI=1S/C20H21N/c1-13(2)17-6-5-16-7-8-21-20(19(16)12-17)18-10-14(3)9-15(4)11-18/h5-13H,1-4H3/i13D. The second-order valence-corrected chi connectivity index (χ2v) is 5.97. The Labute approximate surface area is 128 Å². The minimum absolute atomic E-state index is 0.607. The van der Waals surface area contributed by atoms with Crippen molar-refractivity contribution in [1.29, 1.82) is 0 Å². The van der Waals surface area contributed by atoms with Crippen LogP contribution in [0.2, 0.25) is 0 Å². The van der Waals surface area contributed by atoms with Gasteiger partial charge in [-0.2, -0.15) is 0 Å². The van der Waals surface area contributed by atoms with Gasteiger partial charge in [0.1, 0.15) is 0 Å². The van der Waals surface area contributed by atoms with E-state index >= 15 is 0 Å². The molecule has 1 aromatic heterocycles. The molecular formula is C20H21N. The monoisotopic (exact) mass is 276 g/mol. The van der Waals surface area contributed by atoms with Crippen LogP contribution in [0, 0.1) is 13.8 Å². The normalized spacial score (nSPS) is 12.5. The molecule has 1 nitrogen and oxygen atoms in total. The van der Waals surface area contributed by atoms with E-state index < -0.39 is 5.89 Å². The molecule has 0 saturated carbocycles. The number of hydrogen-bond acceptors (Lipinski definition) is 1. The molecule has 0 N–H and O–H groups in total. The molecule has 106 valence electrons. The Morgan fingerprint density at radius 2 is 1.67 bits per heavy atom. The van der Waals surface area contributed by atoms with Crippen LogP contribution < -0.4 is 0 Å². The van der Waals surface area contributed by atoms with E-state index in [9.17, 15) is 0 Å². The van der Waals surface area contributed by atoms with Crippen molar-refractivity contribution >= 4 is 10.8 Å². The van der Waals surface area contributed by atoms with Crippen molar-refractivity contribution in [3.05, 3.63) is 65.4 Å².